The minimum atomic E-state index is -3.01. The van der Waals surface area contributed by atoms with Crippen LogP contribution in [0, 0.1) is 0 Å². The summed E-state index contributed by atoms with van der Waals surface area (Å²) in [6.45, 7) is 2.67. The van der Waals surface area contributed by atoms with Gasteiger partial charge >= 0.3 is 0 Å². The van der Waals surface area contributed by atoms with Gasteiger partial charge < -0.3 is 5.32 Å². The number of carbonyl (C=O) groups is 1. The highest BCUT2D eigenvalue weighted by Crippen LogP contribution is 2.25. The van der Waals surface area contributed by atoms with Crippen LogP contribution in [0.25, 0.3) is 0 Å². The largest absolute Gasteiger partial charge is 0.348 e. The van der Waals surface area contributed by atoms with Gasteiger partial charge in [-0.1, -0.05) is 58.4 Å². The third kappa shape index (κ3) is 5.18. The Morgan fingerprint density at radius 3 is 2.30 bits per heavy atom. The first kappa shape index (κ1) is 20.0. The zero-order chi connectivity index (χ0) is 19.4. The van der Waals surface area contributed by atoms with E-state index in [1.54, 1.807) is 0 Å². The topological polar surface area (TPSA) is 66.5 Å². The molecule has 27 heavy (non-hydrogen) atoms. The van der Waals surface area contributed by atoms with Gasteiger partial charge in [-0.15, -0.1) is 0 Å². The number of hydrogen-bond donors (Lipinski definition) is 1. The summed E-state index contributed by atoms with van der Waals surface area (Å²) in [5, 5.41) is 3.09. The highest BCUT2D eigenvalue weighted by Gasteiger charge is 2.33. The van der Waals surface area contributed by atoms with Crippen molar-refractivity contribution >= 4 is 31.7 Å². The van der Waals surface area contributed by atoms with E-state index in [1.807, 2.05) is 66.4 Å². The third-order valence-corrected chi connectivity index (χ3v) is 6.92. The Kier molecular flexibility index (Phi) is 6.34. The third-order valence-electron chi connectivity index (χ3n) is 4.82. The molecule has 2 unspecified atom stereocenters. The summed E-state index contributed by atoms with van der Waals surface area (Å²) in [7, 11) is -3.01. The summed E-state index contributed by atoms with van der Waals surface area (Å²) in [4.78, 5) is 15.1. The molecular weight excluding hydrogens is 428 g/mol. The Morgan fingerprint density at radius 1 is 1.04 bits per heavy atom. The molecule has 1 heterocycles. The summed E-state index contributed by atoms with van der Waals surface area (Å²) in [5.41, 5.74) is 1.88. The fourth-order valence-electron chi connectivity index (χ4n) is 3.30. The van der Waals surface area contributed by atoms with Gasteiger partial charge in [-0.05, 0) is 30.2 Å². The molecular formula is C20H23BrN2O3S. The molecule has 0 bridgehead atoms. The SMILES string of the molecule is CC(NC(=O)C(c1ccccc1)N1CCS(=O)(=O)CC1)c1cccc(Br)c1. The fourth-order valence-corrected chi connectivity index (χ4v) is 4.95. The number of carbonyl (C=O) groups excluding carboxylic acids is 1. The number of nitrogens with zero attached hydrogens (tertiary/aromatic N) is 1. The van der Waals surface area contributed by atoms with Crippen LogP contribution in [0.2, 0.25) is 0 Å². The van der Waals surface area contributed by atoms with Crippen LogP contribution in [-0.4, -0.2) is 43.8 Å². The molecule has 1 aliphatic heterocycles. The normalized spacial score (nSPS) is 19.2. The lowest BCUT2D eigenvalue weighted by atomic mass is 10.0. The zero-order valence-corrected chi connectivity index (χ0v) is 17.5. The Hall–Kier alpha value is -1.70. The van der Waals surface area contributed by atoms with Gasteiger partial charge in [-0.25, -0.2) is 8.42 Å². The predicted octanol–water partition coefficient (Wildman–Crippen LogP) is 3.10. The molecule has 2 atom stereocenters. The van der Waals surface area contributed by atoms with E-state index in [9.17, 15) is 13.2 Å². The lowest BCUT2D eigenvalue weighted by Crippen LogP contribution is -2.47. The quantitative estimate of drug-likeness (QED) is 0.759. The second-order valence-electron chi connectivity index (χ2n) is 6.79. The minimum absolute atomic E-state index is 0.0881. The van der Waals surface area contributed by atoms with Crippen molar-refractivity contribution in [1.82, 2.24) is 10.2 Å². The summed E-state index contributed by atoms with van der Waals surface area (Å²) in [5.74, 6) is 0.0586. The lowest BCUT2D eigenvalue weighted by Gasteiger charge is -2.34. The van der Waals surface area contributed by atoms with Crippen LogP contribution >= 0.6 is 15.9 Å². The summed E-state index contributed by atoms with van der Waals surface area (Å²) in [6, 6.07) is 16.7. The van der Waals surface area contributed by atoms with Gasteiger partial charge in [-0.3, -0.25) is 9.69 Å². The van der Waals surface area contributed by atoms with Crippen molar-refractivity contribution in [3.8, 4) is 0 Å². The zero-order valence-electron chi connectivity index (χ0n) is 15.1. The van der Waals surface area contributed by atoms with Crippen molar-refractivity contribution in [3.05, 3.63) is 70.2 Å². The molecule has 3 rings (SSSR count). The summed E-state index contributed by atoms with van der Waals surface area (Å²) >= 11 is 3.46. The van der Waals surface area contributed by atoms with Crippen LogP contribution in [0.15, 0.2) is 59.1 Å². The van der Waals surface area contributed by atoms with E-state index < -0.39 is 15.9 Å². The average Bonchev–Trinajstić information content (AvgIpc) is 2.64. The Labute approximate surface area is 168 Å². The molecule has 7 heteroatoms. The van der Waals surface area contributed by atoms with Gasteiger partial charge in [0.2, 0.25) is 5.91 Å². The van der Waals surface area contributed by atoms with Gasteiger partial charge in [0, 0.05) is 17.6 Å². The van der Waals surface area contributed by atoms with E-state index >= 15 is 0 Å². The first-order valence-corrected chi connectivity index (χ1v) is 11.5. The van der Waals surface area contributed by atoms with E-state index in [1.165, 1.54) is 0 Å². The molecule has 0 aliphatic carbocycles. The van der Waals surface area contributed by atoms with Gasteiger partial charge in [0.1, 0.15) is 6.04 Å². The Bertz CT molecular complexity index is 888. The van der Waals surface area contributed by atoms with E-state index in [0.717, 1.165) is 15.6 Å². The Balaban J connectivity index is 1.81. The molecule has 2 aromatic rings. The van der Waals surface area contributed by atoms with Crippen LogP contribution in [0.4, 0.5) is 0 Å². The second-order valence-corrected chi connectivity index (χ2v) is 10.0. The molecule has 5 nitrogen and oxygen atoms in total. The van der Waals surface area contributed by atoms with E-state index in [4.69, 9.17) is 0 Å². The van der Waals surface area contributed by atoms with Gasteiger partial charge in [0.05, 0.1) is 17.5 Å². The predicted molar refractivity (Wildman–Crippen MR) is 110 cm³/mol. The molecule has 1 fully saturated rings. The molecule has 1 saturated heterocycles. The molecule has 0 aromatic heterocycles. The maximum Gasteiger partial charge on any atom is 0.242 e. The first-order valence-electron chi connectivity index (χ1n) is 8.91. The molecule has 1 amide bonds. The number of amides is 1. The molecule has 0 radical (unpaired) electrons. The molecule has 144 valence electrons. The molecule has 1 aliphatic rings. The minimum Gasteiger partial charge on any atom is -0.348 e. The number of sulfone groups is 1. The number of halogens is 1. The number of nitrogens with one attached hydrogen (secondary N) is 1. The number of rotatable bonds is 5. The van der Waals surface area contributed by atoms with Crippen molar-refractivity contribution < 1.29 is 13.2 Å². The van der Waals surface area contributed by atoms with Crippen LogP contribution in [0.1, 0.15) is 30.1 Å². The lowest BCUT2D eigenvalue weighted by molar-refractivity contribution is -0.127. The first-order chi connectivity index (χ1) is 12.9. The van der Waals surface area contributed by atoms with Crippen molar-refractivity contribution in [2.45, 2.75) is 19.0 Å². The van der Waals surface area contributed by atoms with Gasteiger partial charge in [-0.2, -0.15) is 0 Å². The van der Waals surface area contributed by atoms with Crippen molar-refractivity contribution in [2.75, 3.05) is 24.6 Å². The van der Waals surface area contributed by atoms with Gasteiger partial charge in [0.15, 0.2) is 9.84 Å². The average molecular weight is 451 g/mol. The van der Waals surface area contributed by atoms with E-state index in [0.29, 0.717) is 13.1 Å². The van der Waals surface area contributed by atoms with Crippen molar-refractivity contribution in [2.24, 2.45) is 0 Å². The van der Waals surface area contributed by atoms with Crippen LogP contribution in [0.3, 0.4) is 0 Å². The fraction of sp³-hybridized carbons (Fsp3) is 0.350. The maximum absolute atomic E-state index is 13.2. The highest BCUT2D eigenvalue weighted by molar-refractivity contribution is 9.10. The van der Waals surface area contributed by atoms with E-state index in [2.05, 4.69) is 21.2 Å². The number of benzene rings is 2. The molecule has 2 aromatic carbocycles. The molecule has 0 saturated carbocycles. The van der Waals surface area contributed by atoms with Crippen LogP contribution in [-0.2, 0) is 14.6 Å². The van der Waals surface area contributed by atoms with Crippen LogP contribution < -0.4 is 5.32 Å². The smallest absolute Gasteiger partial charge is 0.242 e. The molecule has 1 N–H and O–H groups in total. The highest BCUT2D eigenvalue weighted by atomic mass is 79.9. The Morgan fingerprint density at radius 2 is 1.67 bits per heavy atom. The summed E-state index contributed by atoms with van der Waals surface area (Å²) < 4.78 is 24.5. The van der Waals surface area contributed by atoms with Crippen molar-refractivity contribution in [1.29, 1.82) is 0 Å². The van der Waals surface area contributed by atoms with Gasteiger partial charge in [0.25, 0.3) is 0 Å². The van der Waals surface area contributed by atoms with Crippen molar-refractivity contribution in [3.63, 3.8) is 0 Å². The number of hydrogen-bond acceptors (Lipinski definition) is 4. The molecule has 0 spiro atoms. The standard InChI is InChI=1S/C20H23BrN2O3S/c1-15(17-8-5-9-18(21)14-17)22-20(24)19(16-6-3-2-4-7-16)23-10-12-27(25,26)13-11-23/h2-9,14-15,19H,10-13H2,1H3,(H,22,24). The van der Waals surface area contributed by atoms with Crippen LogP contribution in [0.5, 0.6) is 0 Å². The second kappa shape index (κ2) is 8.54. The maximum atomic E-state index is 13.2. The summed E-state index contributed by atoms with van der Waals surface area (Å²) in [6.07, 6.45) is 0. The monoisotopic (exact) mass is 450 g/mol. The van der Waals surface area contributed by atoms with E-state index in [-0.39, 0.29) is 23.5 Å².